The number of allylic oxidation sites excluding steroid dienone is 1. The second-order valence-electron chi connectivity index (χ2n) is 24.3. The average Bonchev–Trinajstić information content (AvgIpc) is 1.55. The summed E-state index contributed by atoms with van der Waals surface area (Å²) in [6, 6.07) is 0.800. The van der Waals surface area contributed by atoms with E-state index in [9.17, 15) is 40.0 Å². The number of hydrogen-bond acceptors (Lipinski definition) is 31. The van der Waals surface area contributed by atoms with Crippen molar-refractivity contribution in [2.24, 2.45) is 0 Å². The molecule has 528 valence electrons. The lowest BCUT2D eigenvalue weighted by atomic mass is 9.85. The summed E-state index contributed by atoms with van der Waals surface area (Å²) in [4.78, 5) is 134. The molecule has 11 heterocycles. The van der Waals surface area contributed by atoms with Gasteiger partial charge in [0.1, 0.15) is 119 Å². The molecule has 0 spiro atoms. The van der Waals surface area contributed by atoms with Crippen LogP contribution in [-0.4, -0.2) is 221 Å². The molecule has 1 unspecified atom stereocenters. The predicted octanol–water partition coefficient (Wildman–Crippen LogP) is 3.82. The van der Waals surface area contributed by atoms with Gasteiger partial charge in [0.15, 0.2) is 18.1 Å². The number of benzene rings is 1. The fourth-order valence-electron chi connectivity index (χ4n) is 12.2. The van der Waals surface area contributed by atoms with E-state index in [-0.39, 0.29) is 117 Å². The van der Waals surface area contributed by atoms with Crippen molar-refractivity contribution in [1.29, 1.82) is 0 Å². The van der Waals surface area contributed by atoms with Crippen LogP contribution < -0.4 is 26.6 Å². The number of rotatable bonds is 12. The number of amides is 5. The van der Waals surface area contributed by atoms with Crippen LogP contribution >= 0.6 is 56.7 Å². The van der Waals surface area contributed by atoms with Crippen LogP contribution in [0.3, 0.4) is 0 Å². The molecule has 5 amide bonds. The summed E-state index contributed by atoms with van der Waals surface area (Å²) in [5, 5.41) is 76.6. The third kappa shape index (κ3) is 14.4. The van der Waals surface area contributed by atoms with Crippen molar-refractivity contribution in [1.82, 2.24) is 71.0 Å². The zero-order valence-corrected chi connectivity index (χ0v) is 58.7. The number of pyridine rings is 1. The average molecular weight is 1470 g/mol. The van der Waals surface area contributed by atoms with Gasteiger partial charge in [-0.3, -0.25) is 24.0 Å². The third-order valence-corrected chi connectivity index (χ3v) is 21.6. The second-order valence-corrected chi connectivity index (χ2v) is 28.8. The van der Waals surface area contributed by atoms with E-state index in [0.29, 0.717) is 23.4 Å². The zero-order valence-electron chi connectivity index (χ0n) is 54.7. The number of thiazole rings is 5. The fraction of sp³-hybridized carbons (Fsp3) is 0.413. The lowest BCUT2D eigenvalue weighted by molar-refractivity contribution is -0.280. The molecule has 4 aliphatic heterocycles. The fourth-order valence-corrected chi connectivity index (χ4v) is 16.4. The van der Waals surface area contributed by atoms with Gasteiger partial charge < -0.3 is 90.4 Å². The Bertz CT molecular complexity index is 4520. The Kier molecular flexibility index (Phi) is 20.9. The number of esters is 2. The van der Waals surface area contributed by atoms with Gasteiger partial charge in [0.2, 0.25) is 5.91 Å². The van der Waals surface area contributed by atoms with Crippen LogP contribution in [-0.2, 0) is 51.2 Å². The molecule has 37 heteroatoms. The first-order valence-corrected chi connectivity index (χ1v) is 35.4. The molecule has 1 fully saturated rings. The molecule has 100 heavy (non-hydrogen) atoms. The Morgan fingerprint density at radius 1 is 0.880 bits per heavy atom. The lowest BCUT2D eigenvalue weighted by Gasteiger charge is -2.48. The molecule has 12 bridgehead atoms. The molecule has 1 aromatic carbocycles. The molecule has 7 aromatic heterocycles. The number of methoxy groups -OCH3 is 1. The highest BCUT2D eigenvalue weighted by atomic mass is 32.1. The Hall–Kier alpha value is -8.83. The number of hydrogen-bond donors (Lipinski definition) is 10. The number of aromatic nitrogens is 7. The summed E-state index contributed by atoms with van der Waals surface area (Å²) in [5.74, 6) is -6.70. The first-order chi connectivity index (χ1) is 47.8. The lowest BCUT2D eigenvalue weighted by Crippen LogP contribution is -2.62. The molecular formula is C63H68N14O18S5. The predicted molar refractivity (Wildman–Crippen MR) is 361 cm³/mol. The molecule has 0 saturated carbocycles. The van der Waals surface area contributed by atoms with E-state index < -0.39 is 133 Å². The third-order valence-electron chi connectivity index (χ3n) is 17.0. The van der Waals surface area contributed by atoms with Crippen LogP contribution in [0.25, 0.3) is 49.3 Å². The molecule has 32 nitrogen and oxygen atoms in total. The number of aromatic hydroxyl groups is 1. The van der Waals surface area contributed by atoms with Gasteiger partial charge in [-0.25, -0.2) is 39.5 Å². The monoisotopic (exact) mass is 1470 g/mol. The van der Waals surface area contributed by atoms with Crippen molar-refractivity contribution in [2.45, 2.75) is 108 Å². The summed E-state index contributed by atoms with van der Waals surface area (Å²) in [7, 11) is 6.64. The van der Waals surface area contributed by atoms with Crippen molar-refractivity contribution in [3.05, 3.63) is 112 Å². The highest BCUT2D eigenvalue weighted by Gasteiger charge is 2.50. The highest BCUT2D eigenvalue weighted by Crippen LogP contribution is 2.43. The summed E-state index contributed by atoms with van der Waals surface area (Å²) < 4.78 is 38.3. The first kappa shape index (κ1) is 71.0. The molecule has 1 saturated heterocycles. The maximum atomic E-state index is 15.2. The number of carbonyl (C=O) groups is 7. The van der Waals surface area contributed by atoms with Crippen LogP contribution in [0, 0.1) is 0 Å². The molecule has 0 radical (unpaired) electrons. The Morgan fingerprint density at radius 2 is 1.61 bits per heavy atom. The molecule has 10 atom stereocenters. The SMILES string of the molecule is CO/C(C)=C1/NC(=O)[C@H]([C@@H](C)O)NC(=O)c2csc(n2)-c2cc(O)c(-c3nc(C(=O)NCCN(C)CCO)cs3)nc2-c2csc(n2)[C@@H]2COC(=O)c3c4c5c(cccc5n3O)COC(=O)[C@@H](O[C@H]3C[C@](C)(O)[C@H](N(C)C)[C@H](C)O3)C(OC4)[C@H](NC(=O)c3csc1n3)c1ncc(s1)C(=O)N2. The van der Waals surface area contributed by atoms with Gasteiger partial charge in [-0.2, -0.15) is 4.73 Å². The molecule has 12 rings (SSSR count). The van der Waals surface area contributed by atoms with Gasteiger partial charge in [0.25, 0.3) is 23.6 Å². The summed E-state index contributed by atoms with van der Waals surface area (Å²) in [5.41, 5.74) is -2.02. The van der Waals surface area contributed by atoms with Crippen molar-refractivity contribution in [2.75, 3.05) is 61.1 Å². The standard InChI is InChI=1S/C63H68N14O18S5/c1-26(79)42-55(85)73-43(27(2)90-8)59-70-36(25-98-59)53(83)74-46-48-49(95-40-17-63(4,88)50(75(5)6)28(3)94-40)62(87)92-19-29-10-9-11-37-41(29)31(20-91-48)47(77(37)89)61(86)93-21-32(66-54(84)39-18-65-58(46)100-39)57-67-33(22-97-57)44-30(56-68-35(24-96-56)52(82)72-42)16-38(80)45(71-44)60-69-34(23-99-60)51(81)64-12-13-76(7)14-15-78/h9-11,16,18,22-26,28,32,40,42,46,48-50,78-80,88-89H,12-15,17,19-21H2,1-8H3,(H,64,81)(H,66,84)(H,72,82)(H,73,85)(H,74,83)/b43-27+/t26-,28+,32+,40+,42+,46+,48?,49+,50-,63+/m1/s1. The molecule has 4 aliphatic rings. The maximum absolute atomic E-state index is 15.2. The number of likely N-dealkylation sites (N-methyl/N-ethyl adjacent to an activating group) is 2. The van der Waals surface area contributed by atoms with Crippen molar-refractivity contribution in [3.8, 4) is 38.4 Å². The number of nitrogens with zero attached hydrogens (tertiary/aromatic N) is 9. The minimum atomic E-state index is -1.91. The van der Waals surface area contributed by atoms with E-state index in [4.69, 9.17) is 38.4 Å². The summed E-state index contributed by atoms with van der Waals surface area (Å²) in [6.45, 7) is 5.30. The summed E-state index contributed by atoms with van der Waals surface area (Å²) >= 11 is 4.57. The van der Waals surface area contributed by atoms with Crippen molar-refractivity contribution < 1.29 is 87.6 Å². The van der Waals surface area contributed by atoms with Gasteiger partial charge in [-0.05, 0) is 66.5 Å². The normalized spacial score (nSPS) is 23.9. The number of cyclic esters (lactones) is 2. The van der Waals surface area contributed by atoms with E-state index >= 15 is 19.2 Å². The van der Waals surface area contributed by atoms with Crippen LogP contribution in [0.15, 0.2) is 57.7 Å². The van der Waals surface area contributed by atoms with Crippen LogP contribution in [0.5, 0.6) is 5.75 Å². The number of fused-ring (bicyclic) bond motifs is 15. The highest BCUT2D eigenvalue weighted by molar-refractivity contribution is 7.14. The molecular weight excluding hydrogens is 1400 g/mol. The van der Waals surface area contributed by atoms with E-state index in [2.05, 4.69) is 46.5 Å². The van der Waals surface area contributed by atoms with Crippen LogP contribution in [0.1, 0.15) is 124 Å². The van der Waals surface area contributed by atoms with E-state index in [1.807, 2.05) is 4.90 Å². The topological polar surface area (TPSA) is 425 Å². The Morgan fingerprint density at radius 3 is 2.34 bits per heavy atom. The van der Waals surface area contributed by atoms with Gasteiger partial charge in [0.05, 0.1) is 55.9 Å². The number of aliphatic hydroxyl groups excluding tert-OH is 2. The minimum absolute atomic E-state index is 0.00767. The Balaban J connectivity index is 1.02. The van der Waals surface area contributed by atoms with E-state index in [0.717, 1.165) is 56.7 Å². The molecule has 0 aliphatic carbocycles. The second kappa shape index (κ2) is 29.4. The van der Waals surface area contributed by atoms with E-state index in [1.54, 1.807) is 57.4 Å². The van der Waals surface area contributed by atoms with Gasteiger partial charge in [-0.1, -0.05) is 12.1 Å². The maximum Gasteiger partial charge on any atom is 0.358 e. The first-order valence-electron chi connectivity index (χ1n) is 31.1. The van der Waals surface area contributed by atoms with Crippen molar-refractivity contribution >= 4 is 115 Å². The van der Waals surface area contributed by atoms with Crippen LogP contribution in [0.2, 0.25) is 0 Å². The quantitative estimate of drug-likeness (QED) is 0.0472. The van der Waals surface area contributed by atoms with Gasteiger partial charge >= 0.3 is 11.9 Å². The largest absolute Gasteiger partial charge is 0.506 e. The van der Waals surface area contributed by atoms with Crippen molar-refractivity contribution in [3.63, 3.8) is 0 Å². The molecule has 10 N–H and O–H groups in total. The molecule has 8 aromatic rings. The minimum Gasteiger partial charge on any atom is -0.506 e. The smallest absolute Gasteiger partial charge is 0.358 e. The zero-order chi connectivity index (χ0) is 71.2. The number of aliphatic hydroxyl groups is 3. The number of nitrogens with one attached hydrogen (secondary N) is 5. The van der Waals surface area contributed by atoms with Crippen LogP contribution in [0.4, 0.5) is 0 Å². The van der Waals surface area contributed by atoms with Gasteiger partial charge in [-0.15, -0.1) is 56.7 Å². The Labute approximate surface area is 588 Å². The van der Waals surface area contributed by atoms with Gasteiger partial charge in [0, 0.05) is 64.1 Å². The van der Waals surface area contributed by atoms with E-state index in [1.165, 1.54) is 55.4 Å². The number of ether oxygens (including phenoxy) is 6. The summed E-state index contributed by atoms with van der Waals surface area (Å²) in [6.07, 6.45) is -6.29. The number of carbonyl (C=O) groups excluding carboxylic acids is 7.